The van der Waals surface area contributed by atoms with Crippen LogP contribution >= 0.6 is 0 Å². The summed E-state index contributed by atoms with van der Waals surface area (Å²) < 4.78 is 5.23. The molecule has 0 amide bonds. The highest BCUT2D eigenvalue weighted by atomic mass is 16.5. The fraction of sp³-hybridized carbons (Fsp3) is 0.689. The molecule has 0 aromatic rings. The van der Waals surface area contributed by atoms with Gasteiger partial charge in [0.05, 0.1) is 24.7 Å². The largest absolute Gasteiger partial charge is 0.469 e. The minimum Gasteiger partial charge on any atom is -0.469 e. The lowest BCUT2D eigenvalue weighted by Gasteiger charge is -2.60. The van der Waals surface area contributed by atoms with E-state index in [4.69, 9.17) is 4.74 Å². The molecule has 9 heteroatoms. The van der Waals surface area contributed by atoms with Gasteiger partial charge in [-0.15, -0.1) is 0 Å². The maximum absolute atomic E-state index is 12.8. The molecule has 0 aromatic heterocycles. The third kappa shape index (κ3) is 4.96. The minimum absolute atomic E-state index is 0.00306. The van der Waals surface area contributed by atoms with Crippen LogP contribution in [0.5, 0.6) is 0 Å². The van der Waals surface area contributed by atoms with E-state index in [2.05, 4.69) is 34.3 Å². The number of fused-ring (bicyclic) bond motifs is 10. The Labute approximate surface area is 319 Å². The van der Waals surface area contributed by atoms with Crippen LogP contribution in [0.4, 0.5) is 0 Å². The van der Waals surface area contributed by atoms with Gasteiger partial charge in [-0.2, -0.15) is 0 Å². The highest BCUT2D eigenvalue weighted by molar-refractivity contribution is 6.01. The van der Waals surface area contributed by atoms with Crippen molar-refractivity contribution in [3.63, 3.8) is 0 Å². The molecule has 0 aromatic carbocycles. The second kappa shape index (κ2) is 12.8. The van der Waals surface area contributed by atoms with Crippen LogP contribution in [-0.2, 0) is 23.9 Å². The molecule has 294 valence electrons. The van der Waals surface area contributed by atoms with Gasteiger partial charge in [-0.3, -0.25) is 19.2 Å². The smallest absolute Gasteiger partial charge is 0.312 e. The number of carbonyl (C=O) groups excluding carboxylic acids is 4. The Kier molecular flexibility index (Phi) is 9.28. The molecule has 8 aliphatic rings. The van der Waals surface area contributed by atoms with E-state index in [1.54, 1.807) is 24.3 Å². The van der Waals surface area contributed by atoms with E-state index >= 15 is 0 Å². The molecule has 0 aliphatic heterocycles. The predicted molar refractivity (Wildman–Crippen MR) is 202 cm³/mol. The topological polar surface area (TPSA) is 158 Å². The van der Waals surface area contributed by atoms with E-state index in [0.717, 1.165) is 37.7 Å². The first kappa shape index (κ1) is 39.3. The summed E-state index contributed by atoms with van der Waals surface area (Å²) in [6.45, 7) is 15.8. The van der Waals surface area contributed by atoms with Gasteiger partial charge in [-0.1, -0.05) is 64.5 Å². The average Bonchev–Trinajstić information content (AvgIpc) is 3.46. The number of aliphatic hydroxyl groups is 4. The number of hydrogen-bond acceptors (Lipinski definition) is 9. The van der Waals surface area contributed by atoms with Crippen molar-refractivity contribution < 1.29 is 44.3 Å². The Bertz CT molecular complexity index is 1800. The highest BCUT2D eigenvalue weighted by Crippen LogP contribution is 2.71. The summed E-state index contributed by atoms with van der Waals surface area (Å²) in [5.74, 6) is 0.384. The molecule has 8 rings (SSSR count). The summed E-state index contributed by atoms with van der Waals surface area (Å²) in [6.07, 6.45) is 15.4. The van der Waals surface area contributed by atoms with Crippen molar-refractivity contribution in [1.82, 2.24) is 0 Å². The van der Waals surface area contributed by atoms with E-state index in [0.29, 0.717) is 30.3 Å². The lowest BCUT2D eigenvalue weighted by Crippen LogP contribution is -2.62. The van der Waals surface area contributed by atoms with Crippen LogP contribution in [0.3, 0.4) is 0 Å². The van der Waals surface area contributed by atoms with E-state index < -0.39 is 41.0 Å². The Morgan fingerprint density at radius 2 is 1.31 bits per heavy atom. The van der Waals surface area contributed by atoms with Crippen LogP contribution in [0.25, 0.3) is 0 Å². The Hall–Kier alpha value is -2.98. The summed E-state index contributed by atoms with van der Waals surface area (Å²) >= 11 is 0. The summed E-state index contributed by atoms with van der Waals surface area (Å²) in [5.41, 5.74) is -1.46. The molecule has 6 fully saturated rings. The first-order chi connectivity index (χ1) is 25.2. The van der Waals surface area contributed by atoms with Gasteiger partial charge in [0.1, 0.15) is 6.61 Å². The highest BCUT2D eigenvalue weighted by Gasteiger charge is 2.71. The van der Waals surface area contributed by atoms with Crippen LogP contribution in [-0.4, -0.2) is 75.3 Å². The van der Waals surface area contributed by atoms with Crippen molar-refractivity contribution in [1.29, 1.82) is 0 Å². The van der Waals surface area contributed by atoms with Gasteiger partial charge in [0.2, 0.25) is 0 Å². The number of hydrogen-bond donors (Lipinski definition) is 4. The molecular weight excluding hydrogens is 684 g/mol. The Morgan fingerprint density at radius 1 is 0.833 bits per heavy atom. The summed E-state index contributed by atoms with van der Waals surface area (Å²) in [4.78, 5) is 49.1. The number of Topliss-reactive ketones (excluding diaryl/α,β-unsaturated/α-hetero) is 1. The number of methoxy groups -OCH3 is 1. The third-order valence-corrected chi connectivity index (χ3v) is 17.5. The Morgan fingerprint density at radius 3 is 1.80 bits per heavy atom. The number of esters is 1. The van der Waals surface area contributed by atoms with Crippen LogP contribution in [0, 0.1) is 68.5 Å². The number of allylic oxidation sites excluding steroid dienone is 8. The van der Waals surface area contributed by atoms with Crippen LogP contribution in [0.15, 0.2) is 59.8 Å². The van der Waals surface area contributed by atoms with Gasteiger partial charge in [-0.05, 0) is 123 Å². The van der Waals surface area contributed by atoms with Gasteiger partial charge < -0.3 is 25.2 Å². The predicted octanol–water partition coefficient (Wildman–Crippen LogP) is 5.41. The maximum Gasteiger partial charge on any atom is 0.312 e. The van der Waals surface area contributed by atoms with Crippen molar-refractivity contribution in [3.05, 3.63) is 59.8 Å². The zero-order valence-corrected chi connectivity index (χ0v) is 33.1. The lowest BCUT2D eigenvalue weighted by atomic mass is 9.45. The molecule has 6 saturated carbocycles. The van der Waals surface area contributed by atoms with Crippen LogP contribution < -0.4 is 0 Å². The van der Waals surface area contributed by atoms with Gasteiger partial charge in [0.15, 0.2) is 23.0 Å². The molecule has 54 heavy (non-hydrogen) atoms. The van der Waals surface area contributed by atoms with E-state index in [9.17, 15) is 39.6 Å². The number of rotatable bonds is 3. The van der Waals surface area contributed by atoms with Crippen molar-refractivity contribution in [3.8, 4) is 0 Å². The van der Waals surface area contributed by atoms with Crippen molar-refractivity contribution in [2.45, 2.75) is 111 Å². The fourth-order valence-electron chi connectivity index (χ4n) is 14.4. The summed E-state index contributed by atoms with van der Waals surface area (Å²) in [5, 5.41) is 43.3. The molecule has 0 heterocycles. The van der Waals surface area contributed by atoms with Gasteiger partial charge >= 0.3 is 5.97 Å². The van der Waals surface area contributed by atoms with Gasteiger partial charge in [0.25, 0.3) is 0 Å². The molecule has 0 bridgehead atoms. The van der Waals surface area contributed by atoms with Crippen molar-refractivity contribution in [2.75, 3.05) is 13.7 Å². The van der Waals surface area contributed by atoms with Gasteiger partial charge in [0, 0.05) is 28.1 Å². The standard InChI is InChI=1S/C23H32O4.C22H28O5/c1-13-10-17-16-7-6-14-11-15(24)8-9-21(14,2)19(16)18(25)12-22(17,3)23(13,4)20(26)27-5;1-12-8-16-15-5-4-13-9-14(24)6-7-20(13,2)19(15)17(25)10-21(16,3)22(12,27)18(26)11-23/h8-9,11,13,16-19,25H,6-7,10,12H2,1-5H3;6-7,9,15-17,19,23,25,27H,1,4-5,8,10-11H2,2-3H3/t13-,16+,17+,18+,19-,21+,22+,23-;15-,16-,17-,19+,20-,21-,22-/m10/s1. The first-order valence-corrected chi connectivity index (χ1v) is 20.1. The third-order valence-electron chi connectivity index (χ3n) is 17.5. The fourth-order valence-corrected chi connectivity index (χ4v) is 14.4. The second-order valence-electron chi connectivity index (χ2n) is 19.4. The second-order valence-corrected chi connectivity index (χ2v) is 19.4. The Balaban J connectivity index is 0.000000167. The monoisotopic (exact) mass is 744 g/mol. The molecular formula is C45H60O9. The van der Waals surface area contributed by atoms with Gasteiger partial charge in [-0.25, -0.2) is 0 Å². The maximum atomic E-state index is 12.8. The number of ketones is 3. The van der Waals surface area contributed by atoms with E-state index in [1.165, 1.54) is 12.7 Å². The number of carbonyl (C=O) groups is 4. The minimum atomic E-state index is -1.80. The van der Waals surface area contributed by atoms with E-state index in [-0.39, 0.29) is 69.8 Å². The molecule has 15 atom stereocenters. The lowest BCUT2D eigenvalue weighted by molar-refractivity contribution is -0.176. The van der Waals surface area contributed by atoms with Crippen LogP contribution in [0.1, 0.15) is 92.9 Å². The summed E-state index contributed by atoms with van der Waals surface area (Å²) in [7, 11) is 1.47. The molecule has 0 unspecified atom stereocenters. The SMILES string of the molecule is C=C1C[C@H]2[C@@H]3CCC4=CC(=O)C=C[C@]4(C)[C@H]3[C@@H](O)C[C@]2(C)[C@@]1(O)C(=O)CO.COC(=O)[C@@]1(C)[C@H](C)C[C@H]2[C@@H]3CCC4=CC(=O)C=C[C@]4(C)[C@H]3[C@@H](O)C[C@@]21C. The molecule has 0 radical (unpaired) electrons. The van der Waals surface area contributed by atoms with Crippen molar-refractivity contribution >= 4 is 23.3 Å². The van der Waals surface area contributed by atoms with Crippen molar-refractivity contribution in [2.24, 2.45) is 68.5 Å². The zero-order chi connectivity index (χ0) is 39.6. The molecule has 9 nitrogen and oxygen atoms in total. The molecule has 0 saturated heterocycles. The number of aliphatic hydroxyl groups excluding tert-OH is 3. The quantitative estimate of drug-likeness (QED) is 0.219. The summed E-state index contributed by atoms with van der Waals surface area (Å²) in [6, 6.07) is 0. The number of ether oxygens (including phenoxy) is 1. The average molecular weight is 745 g/mol. The molecule has 8 aliphatic carbocycles. The molecule has 0 spiro atoms. The molecule has 4 N–H and O–H groups in total. The van der Waals surface area contributed by atoms with Crippen LogP contribution in [0.2, 0.25) is 0 Å². The first-order valence-electron chi connectivity index (χ1n) is 20.1. The van der Waals surface area contributed by atoms with E-state index in [1.807, 2.05) is 26.0 Å². The normalized spacial score (nSPS) is 49.8. The zero-order valence-electron chi connectivity index (χ0n) is 33.1.